The molecule has 0 radical (unpaired) electrons. The van der Waals surface area contributed by atoms with Gasteiger partial charge >= 0.3 is 0 Å². The van der Waals surface area contributed by atoms with E-state index in [1.165, 1.54) is 0 Å². The largest absolute Gasteiger partial charge is 0.377 e. The van der Waals surface area contributed by atoms with Crippen LogP contribution in [0.2, 0.25) is 0 Å². The van der Waals surface area contributed by atoms with Crippen LogP contribution in [-0.4, -0.2) is 49.7 Å². The van der Waals surface area contributed by atoms with Crippen molar-refractivity contribution < 1.29 is 9.53 Å². The molecule has 2 N–H and O–H groups in total. The second-order valence-corrected chi connectivity index (χ2v) is 4.79. The minimum absolute atomic E-state index is 0.0413. The summed E-state index contributed by atoms with van der Waals surface area (Å²) in [6, 6.07) is 1.92. The van der Waals surface area contributed by atoms with Gasteiger partial charge in [0.25, 0.3) is 0 Å². The molecule has 0 unspecified atom stereocenters. The lowest BCUT2D eigenvalue weighted by Gasteiger charge is -2.19. The van der Waals surface area contributed by atoms with Gasteiger partial charge in [0.05, 0.1) is 6.54 Å². The topological polar surface area (TPSA) is 79.4 Å². The molecule has 0 aliphatic carbocycles. The van der Waals surface area contributed by atoms with Crippen LogP contribution in [0.15, 0.2) is 6.07 Å². The van der Waals surface area contributed by atoms with Crippen molar-refractivity contribution in [3.63, 3.8) is 0 Å². The highest BCUT2D eigenvalue weighted by molar-refractivity contribution is 5.81. The molecular weight excluding hydrogens is 258 g/mol. The fourth-order valence-electron chi connectivity index (χ4n) is 1.66. The van der Waals surface area contributed by atoms with Gasteiger partial charge in [-0.1, -0.05) is 0 Å². The first-order valence-corrected chi connectivity index (χ1v) is 6.51. The summed E-state index contributed by atoms with van der Waals surface area (Å²) in [6.45, 7) is 4.43. The molecule has 7 heteroatoms. The molecule has 0 aliphatic heterocycles. The van der Waals surface area contributed by atoms with E-state index in [4.69, 9.17) is 4.74 Å². The molecule has 1 rings (SSSR count). The van der Waals surface area contributed by atoms with Gasteiger partial charge in [0.15, 0.2) is 5.82 Å². The Balaban J connectivity index is 2.82. The van der Waals surface area contributed by atoms with Gasteiger partial charge in [-0.25, -0.2) is 9.97 Å². The van der Waals surface area contributed by atoms with Crippen LogP contribution in [-0.2, 0) is 16.1 Å². The van der Waals surface area contributed by atoms with Crippen LogP contribution in [0.25, 0.3) is 0 Å². The fraction of sp³-hybridized carbons (Fsp3) is 0.615. The molecule has 0 atom stereocenters. The van der Waals surface area contributed by atoms with E-state index >= 15 is 0 Å². The third kappa shape index (κ3) is 5.00. The number of ether oxygens (including phenoxy) is 1. The predicted molar refractivity (Wildman–Crippen MR) is 78.8 cm³/mol. The summed E-state index contributed by atoms with van der Waals surface area (Å²) in [5.74, 6) is 1.90. The first-order valence-electron chi connectivity index (χ1n) is 6.51. The van der Waals surface area contributed by atoms with Crippen molar-refractivity contribution in [1.82, 2.24) is 15.3 Å². The van der Waals surface area contributed by atoms with E-state index in [9.17, 15) is 4.79 Å². The van der Waals surface area contributed by atoms with Crippen molar-refractivity contribution in [3.05, 3.63) is 11.9 Å². The van der Waals surface area contributed by atoms with Crippen LogP contribution in [0.5, 0.6) is 0 Å². The maximum absolute atomic E-state index is 11.8. The van der Waals surface area contributed by atoms with Gasteiger partial charge in [0.1, 0.15) is 18.2 Å². The van der Waals surface area contributed by atoms with E-state index in [2.05, 4.69) is 20.6 Å². The molecule has 7 nitrogen and oxygen atoms in total. The molecule has 1 heterocycles. The van der Waals surface area contributed by atoms with Crippen molar-refractivity contribution in [2.45, 2.75) is 26.5 Å². The summed E-state index contributed by atoms with van der Waals surface area (Å²) in [5, 5.41) is 5.82. The molecule has 20 heavy (non-hydrogen) atoms. The quantitative estimate of drug-likeness (QED) is 0.763. The molecule has 0 saturated carbocycles. The van der Waals surface area contributed by atoms with Crippen LogP contribution < -0.4 is 15.5 Å². The first kappa shape index (κ1) is 16.2. The van der Waals surface area contributed by atoms with E-state index in [1.54, 1.807) is 25.1 Å². The monoisotopic (exact) mass is 281 g/mol. The van der Waals surface area contributed by atoms with Crippen LogP contribution in [0.4, 0.5) is 11.6 Å². The maximum atomic E-state index is 11.8. The Labute approximate surface area is 119 Å². The SMILES string of the molecule is CNc1cc(N(C)CC(=O)NC(C)C)nc(COC)n1. The highest BCUT2D eigenvalue weighted by atomic mass is 16.5. The Kier molecular flexibility index (Phi) is 6.17. The van der Waals surface area contributed by atoms with Gasteiger partial charge in [0, 0.05) is 33.3 Å². The molecule has 0 fully saturated rings. The highest BCUT2D eigenvalue weighted by Gasteiger charge is 2.12. The van der Waals surface area contributed by atoms with Gasteiger partial charge < -0.3 is 20.3 Å². The number of amides is 1. The van der Waals surface area contributed by atoms with E-state index in [0.29, 0.717) is 24.1 Å². The summed E-state index contributed by atoms with van der Waals surface area (Å²) >= 11 is 0. The molecule has 1 aromatic heterocycles. The van der Waals surface area contributed by atoms with Gasteiger partial charge in [0.2, 0.25) is 5.91 Å². The molecule has 112 valence electrons. The zero-order chi connectivity index (χ0) is 15.1. The number of aromatic nitrogens is 2. The predicted octanol–water partition coefficient (Wildman–Crippen LogP) is 0.626. The lowest BCUT2D eigenvalue weighted by Crippen LogP contribution is -2.39. The van der Waals surface area contributed by atoms with Gasteiger partial charge in [-0.05, 0) is 13.8 Å². The highest BCUT2D eigenvalue weighted by Crippen LogP contribution is 2.14. The van der Waals surface area contributed by atoms with E-state index in [1.807, 2.05) is 20.9 Å². The summed E-state index contributed by atoms with van der Waals surface area (Å²) in [4.78, 5) is 22.2. The number of rotatable bonds is 7. The first-order chi connectivity index (χ1) is 9.46. The van der Waals surface area contributed by atoms with Crippen molar-refractivity contribution in [1.29, 1.82) is 0 Å². The number of methoxy groups -OCH3 is 1. The lowest BCUT2D eigenvalue weighted by molar-refractivity contribution is -0.120. The summed E-state index contributed by atoms with van der Waals surface area (Å²) in [7, 11) is 5.20. The Morgan fingerprint density at radius 2 is 2.15 bits per heavy atom. The number of nitrogens with one attached hydrogen (secondary N) is 2. The molecular formula is C13H23N5O2. The number of likely N-dealkylation sites (N-methyl/N-ethyl adjacent to an activating group) is 1. The van der Waals surface area contributed by atoms with Gasteiger partial charge in [-0.15, -0.1) is 0 Å². The maximum Gasteiger partial charge on any atom is 0.239 e. The number of hydrogen-bond acceptors (Lipinski definition) is 6. The summed E-state index contributed by atoms with van der Waals surface area (Å²) in [6.07, 6.45) is 0. The number of anilines is 2. The number of nitrogens with zero attached hydrogens (tertiary/aromatic N) is 3. The van der Waals surface area contributed by atoms with Crippen molar-refractivity contribution in [2.24, 2.45) is 0 Å². The van der Waals surface area contributed by atoms with E-state index in [0.717, 1.165) is 0 Å². The smallest absolute Gasteiger partial charge is 0.239 e. The van der Waals surface area contributed by atoms with Crippen molar-refractivity contribution >= 4 is 17.5 Å². The van der Waals surface area contributed by atoms with Crippen LogP contribution in [0.3, 0.4) is 0 Å². The third-order valence-electron chi connectivity index (χ3n) is 2.51. The molecule has 0 spiro atoms. The Bertz CT molecular complexity index is 450. The Hall–Kier alpha value is -1.89. The number of hydrogen-bond donors (Lipinski definition) is 2. The average Bonchev–Trinajstić information content (AvgIpc) is 2.37. The van der Waals surface area contributed by atoms with Crippen LogP contribution in [0, 0.1) is 0 Å². The summed E-state index contributed by atoms with van der Waals surface area (Å²) < 4.78 is 5.05. The van der Waals surface area contributed by atoms with E-state index in [-0.39, 0.29) is 18.5 Å². The minimum atomic E-state index is -0.0413. The second-order valence-electron chi connectivity index (χ2n) is 4.79. The molecule has 0 aromatic carbocycles. The second kappa shape index (κ2) is 7.64. The third-order valence-corrected chi connectivity index (χ3v) is 2.51. The number of carbonyl (C=O) groups is 1. The Morgan fingerprint density at radius 3 is 2.70 bits per heavy atom. The molecule has 0 bridgehead atoms. The molecule has 1 aromatic rings. The van der Waals surface area contributed by atoms with Crippen LogP contribution >= 0.6 is 0 Å². The van der Waals surface area contributed by atoms with Crippen molar-refractivity contribution in [3.8, 4) is 0 Å². The standard InChI is InChI=1S/C13H23N5O2/c1-9(2)15-13(19)7-18(4)12-6-10(14-3)16-11(17-12)8-20-5/h6,9H,7-8H2,1-5H3,(H,15,19)(H,14,16,17). The summed E-state index contributed by atoms with van der Waals surface area (Å²) in [5.41, 5.74) is 0. The lowest BCUT2D eigenvalue weighted by atomic mass is 10.3. The minimum Gasteiger partial charge on any atom is -0.377 e. The molecule has 0 saturated heterocycles. The Morgan fingerprint density at radius 1 is 1.45 bits per heavy atom. The normalized spacial score (nSPS) is 10.5. The fourth-order valence-corrected chi connectivity index (χ4v) is 1.66. The van der Waals surface area contributed by atoms with Crippen LogP contribution in [0.1, 0.15) is 19.7 Å². The number of carbonyl (C=O) groups excluding carboxylic acids is 1. The zero-order valence-corrected chi connectivity index (χ0v) is 12.7. The molecule has 1 amide bonds. The van der Waals surface area contributed by atoms with Crippen molar-refractivity contribution in [2.75, 3.05) is 38.0 Å². The van der Waals surface area contributed by atoms with E-state index < -0.39 is 0 Å². The van der Waals surface area contributed by atoms with Gasteiger partial charge in [-0.3, -0.25) is 4.79 Å². The average molecular weight is 281 g/mol. The molecule has 0 aliphatic rings. The van der Waals surface area contributed by atoms with Gasteiger partial charge in [-0.2, -0.15) is 0 Å². The zero-order valence-electron chi connectivity index (χ0n) is 12.7.